The molecule has 2 aromatic rings. The molecule has 3 rings (SSSR count). The molecule has 1 atom stereocenters. The molecular weight excluding hydrogens is 244 g/mol. The van der Waals surface area contributed by atoms with Gasteiger partial charge in [-0.2, -0.15) is 0 Å². The van der Waals surface area contributed by atoms with Crippen molar-refractivity contribution in [3.63, 3.8) is 0 Å². The fourth-order valence-electron chi connectivity index (χ4n) is 2.44. The molecule has 0 aromatic carbocycles. The molecule has 3 heterocycles. The molecule has 2 aromatic heterocycles. The van der Waals surface area contributed by atoms with Crippen LogP contribution in [0.2, 0.25) is 0 Å². The number of rotatable bonds is 2. The van der Waals surface area contributed by atoms with Gasteiger partial charge in [-0.05, 0) is 20.3 Å². The van der Waals surface area contributed by atoms with Gasteiger partial charge >= 0.3 is 0 Å². The number of hydrogen-bond donors (Lipinski definition) is 1. The van der Waals surface area contributed by atoms with E-state index in [-0.39, 0.29) is 11.9 Å². The summed E-state index contributed by atoms with van der Waals surface area (Å²) in [6.45, 7) is 4.51. The van der Waals surface area contributed by atoms with Crippen LogP contribution in [0.15, 0.2) is 16.8 Å². The van der Waals surface area contributed by atoms with E-state index in [9.17, 15) is 4.79 Å². The Morgan fingerprint density at radius 2 is 2.37 bits per heavy atom. The molecule has 1 aliphatic heterocycles. The quantitative estimate of drug-likeness (QED) is 0.881. The maximum atomic E-state index is 12.0. The number of aryl methyl sites for hydroxylation is 3. The second-order valence-electron chi connectivity index (χ2n) is 4.98. The highest BCUT2D eigenvalue weighted by Gasteiger charge is 2.22. The fraction of sp³-hybridized carbons (Fsp3) is 0.462. The molecule has 0 saturated heterocycles. The topological polar surface area (TPSA) is 73.0 Å². The highest BCUT2D eigenvalue weighted by atomic mass is 16.5. The Morgan fingerprint density at radius 3 is 3.11 bits per heavy atom. The van der Waals surface area contributed by atoms with Crippen molar-refractivity contribution in [1.82, 2.24) is 20.0 Å². The second-order valence-corrected chi connectivity index (χ2v) is 4.98. The lowest BCUT2D eigenvalue weighted by molar-refractivity contribution is 0.0918. The van der Waals surface area contributed by atoms with Crippen LogP contribution in [-0.2, 0) is 13.0 Å². The van der Waals surface area contributed by atoms with Crippen molar-refractivity contribution >= 4 is 5.91 Å². The van der Waals surface area contributed by atoms with Gasteiger partial charge in [0, 0.05) is 31.3 Å². The molecule has 1 aliphatic rings. The Kier molecular flexibility index (Phi) is 2.85. The average molecular weight is 260 g/mol. The highest BCUT2D eigenvalue weighted by molar-refractivity contribution is 5.92. The number of amides is 1. The van der Waals surface area contributed by atoms with Gasteiger partial charge < -0.3 is 14.4 Å². The van der Waals surface area contributed by atoms with Gasteiger partial charge in [0.2, 0.25) is 0 Å². The molecule has 0 spiro atoms. The number of fused-ring (bicyclic) bond motifs is 1. The van der Waals surface area contributed by atoms with E-state index in [0.29, 0.717) is 11.5 Å². The van der Waals surface area contributed by atoms with E-state index in [2.05, 4.69) is 20.0 Å². The largest absolute Gasteiger partial charge is 0.361 e. The van der Waals surface area contributed by atoms with Gasteiger partial charge in [0.25, 0.3) is 5.91 Å². The standard InChI is InChI=1S/C13H16N4O2/c1-8-6-17-7-10(3-4-12(17)14-8)15-13(18)11-5-9(2)19-16-11/h5-6,10H,3-4,7H2,1-2H3,(H,15,18)/t10-/m1/s1. The molecule has 0 radical (unpaired) electrons. The third-order valence-corrected chi connectivity index (χ3v) is 3.31. The van der Waals surface area contributed by atoms with E-state index in [1.165, 1.54) is 0 Å². The lowest BCUT2D eigenvalue weighted by atomic mass is 10.1. The van der Waals surface area contributed by atoms with Crippen LogP contribution in [0.25, 0.3) is 0 Å². The molecule has 6 heteroatoms. The smallest absolute Gasteiger partial charge is 0.273 e. The Morgan fingerprint density at radius 1 is 1.53 bits per heavy atom. The number of nitrogens with zero attached hydrogens (tertiary/aromatic N) is 3. The van der Waals surface area contributed by atoms with Crippen LogP contribution < -0.4 is 5.32 Å². The highest BCUT2D eigenvalue weighted by Crippen LogP contribution is 2.15. The van der Waals surface area contributed by atoms with Crippen molar-refractivity contribution < 1.29 is 9.32 Å². The van der Waals surface area contributed by atoms with Gasteiger partial charge in [0.1, 0.15) is 11.6 Å². The van der Waals surface area contributed by atoms with Crippen LogP contribution in [0.3, 0.4) is 0 Å². The molecule has 1 amide bonds. The minimum absolute atomic E-state index is 0.116. The summed E-state index contributed by atoms with van der Waals surface area (Å²) >= 11 is 0. The van der Waals surface area contributed by atoms with E-state index < -0.39 is 0 Å². The molecule has 0 fully saturated rings. The normalized spacial score (nSPS) is 18.1. The summed E-state index contributed by atoms with van der Waals surface area (Å²) in [5.74, 6) is 1.56. The summed E-state index contributed by atoms with van der Waals surface area (Å²) in [6.07, 6.45) is 3.81. The molecule has 19 heavy (non-hydrogen) atoms. The molecule has 0 saturated carbocycles. The minimum atomic E-state index is -0.179. The van der Waals surface area contributed by atoms with Crippen LogP contribution in [-0.4, -0.2) is 26.7 Å². The lowest BCUT2D eigenvalue weighted by Gasteiger charge is -2.24. The monoisotopic (exact) mass is 260 g/mol. The predicted molar refractivity (Wildman–Crippen MR) is 67.8 cm³/mol. The molecule has 0 aliphatic carbocycles. The number of hydrogen-bond acceptors (Lipinski definition) is 4. The van der Waals surface area contributed by atoms with Crippen LogP contribution >= 0.6 is 0 Å². The number of carbonyl (C=O) groups excluding carboxylic acids is 1. The first-order valence-electron chi connectivity index (χ1n) is 6.38. The summed E-state index contributed by atoms with van der Waals surface area (Å²) < 4.78 is 7.02. The fourth-order valence-corrected chi connectivity index (χ4v) is 2.44. The van der Waals surface area contributed by atoms with E-state index >= 15 is 0 Å². The summed E-state index contributed by atoms with van der Waals surface area (Å²) in [7, 11) is 0. The zero-order valence-corrected chi connectivity index (χ0v) is 11.0. The zero-order chi connectivity index (χ0) is 13.4. The van der Waals surface area contributed by atoms with E-state index in [1.807, 2.05) is 13.1 Å². The van der Waals surface area contributed by atoms with E-state index in [4.69, 9.17) is 4.52 Å². The van der Waals surface area contributed by atoms with Crippen molar-refractivity contribution in [3.05, 3.63) is 35.2 Å². The molecule has 6 nitrogen and oxygen atoms in total. The third kappa shape index (κ3) is 2.38. The zero-order valence-electron chi connectivity index (χ0n) is 11.0. The van der Waals surface area contributed by atoms with Gasteiger partial charge in [-0.1, -0.05) is 5.16 Å². The molecule has 0 unspecified atom stereocenters. The lowest BCUT2D eigenvalue weighted by Crippen LogP contribution is -2.41. The van der Waals surface area contributed by atoms with Crippen molar-refractivity contribution in [3.8, 4) is 0 Å². The van der Waals surface area contributed by atoms with Crippen LogP contribution in [0.1, 0.15) is 34.2 Å². The third-order valence-electron chi connectivity index (χ3n) is 3.31. The van der Waals surface area contributed by atoms with Gasteiger partial charge in [0.05, 0.1) is 5.69 Å². The molecule has 100 valence electrons. The van der Waals surface area contributed by atoms with Crippen LogP contribution in [0, 0.1) is 13.8 Å². The number of nitrogens with one attached hydrogen (secondary N) is 1. The predicted octanol–water partition coefficient (Wildman–Crippen LogP) is 1.23. The molecular formula is C13H16N4O2. The Hall–Kier alpha value is -2.11. The van der Waals surface area contributed by atoms with Crippen LogP contribution in [0.4, 0.5) is 0 Å². The first kappa shape index (κ1) is 12.0. The first-order valence-corrected chi connectivity index (χ1v) is 6.38. The van der Waals surface area contributed by atoms with Gasteiger partial charge in [-0.15, -0.1) is 0 Å². The van der Waals surface area contributed by atoms with Gasteiger partial charge in [-0.3, -0.25) is 4.79 Å². The minimum Gasteiger partial charge on any atom is -0.361 e. The van der Waals surface area contributed by atoms with Crippen LogP contribution in [0.5, 0.6) is 0 Å². The maximum Gasteiger partial charge on any atom is 0.273 e. The summed E-state index contributed by atoms with van der Waals surface area (Å²) in [5, 5.41) is 6.71. The first-order chi connectivity index (χ1) is 9.11. The van der Waals surface area contributed by atoms with Gasteiger partial charge in [-0.25, -0.2) is 4.98 Å². The SMILES string of the molecule is Cc1cn2c(n1)CC[C@@H](NC(=O)c1cc(C)on1)C2. The summed E-state index contributed by atoms with van der Waals surface area (Å²) in [4.78, 5) is 16.4. The van der Waals surface area contributed by atoms with Crippen molar-refractivity contribution in [2.75, 3.05) is 0 Å². The molecule has 1 N–H and O–H groups in total. The van der Waals surface area contributed by atoms with Crippen molar-refractivity contribution in [2.24, 2.45) is 0 Å². The van der Waals surface area contributed by atoms with Crippen molar-refractivity contribution in [1.29, 1.82) is 0 Å². The second kappa shape index (κ2) is 4.53. The molecule has 0 bridgehead atoms. The summed E-state index contributed by atoms with van der Waals surface area (Å²) in [6, 6.07) is 1.76. The maximum absolute atomic E-state index is 12.0. The van der Waals surface area contributed by atoms with E-state index in [1.54, 1.807) is 13.0 Å². The number of imidazole rings is 1. The van der Waals surface area contributed by atoms with E-state index in [0.717, 1.165) is 30.9 Å². The summed E-state index contributed by atoms with van der Waals surface area (Å²) in [5.41, 5.74) is 1.36. The number of carbonyl (C=O) groups is 1. The average Bonchev–Trinajstić information content (AvgIpc) is 2.93. The van der Waals surface area contributed by atoms with Crippen molar-refractivity contribution in [2.45, 2.75) is 39.3 Å². The Labute approximate surface area is 110 Å². The Balaban J connectivity index is 1.67. The van der Waals surface area contributed by atoms with Gasteiger partial charge in [0.15, 0.2) is 5.69 Å². The Bertz CT molecular complexity index is 614. The number of aromatic nitrogens is 3.